The highest BCUT2D eigenvalue weighted by molar-refractivity contribution is 5.83. The number of pyridine rings is 1. The van der Waals surface area contributed by atoms with E-state index in [-0.39, 0.29) is 6.54 Å². The van der Waals surface area contributed by atoms with Gasteiger partial charge in [-0.1, -0.05) is 43.5 Å². The number of fused-ring (bicyclic) bond motifs is 1. The first-order chi connectivity index (χ1) is 11.6. The minimum Gasteiger partial charge on any atom is -0.480 e. The van der Waals surface area contributed by atoms with Crippen LogP contribution in [0, 0.1) is 0 Å². The van der Waals surface area contributed by atoms with Gasteiger partial charge in [-0.05, 0) is 25.0 Å². The number of hydrogen-bond acceptors (Lipinski definition) is 5. The van der Waals surface area contributed by atoms with Crippen LogP contribution in [0.4, 0.5) is 0 Å². The average molecular weight is 331 g/mol. The summed E-state index contributed by atoms with van der Waals surface area (Å²) in [6.07, 6.45) is 7.42. The van der Waals surface area contributed by atoms with Crippen molar-refractivity contribution in [3.63, 3.8) is 0 Å². The van der Waals surface area contributed by atoms with Crippen LogP contribution in [0.3, 0.4) is 0 Å². The van der Waals surface area contributed by atoms with E-state index in [0.717, 1.165) is 17.2 Å². The van der Waals surface area contributed by atoms with E-state index in [4.69, 9.17) is 10.8 Å². The lowest BCUT2D eigenvalue weighted by Crippen LogP contribution is -2.22. The number of carboxylic acids is 1. The molecule has 1 aliphatic carbocycles. The zero-order valence-corrected chi connectivity index (χ0v) is 13.7. The summed E-state index contributed by atoms with van der Waals surface area (Å²) < 4.78 is 0. The van der Waals surface area contributed by atoms with Gasteiger partial charge in [0, 0.05) is 11.4 Å². The first kappa shape index (κ1) is 19.7. The first-order valence-electron chi connectivity index (χ1n) is 8.05. The van der Waals surface area contributed by atoms with Crippen LogP contribution in [0.5, 0.6) is 0 Å². The van der Waals surface area contributed by atoms with Crippen LogP contribution in [0.15, 0.2) is 36.4 Å². The summed E-state index contributed by atoms with van der Waals surface area (Å²) in [6, 6.07) is 11.9. The Balaban J connectivity index is 0.000000205. The maximum atomic E-state index is 10.4. The predicted molar refractivity (Wildman–Crippen MR) is 94.9 cm³/mol. The van der Waals surface area contributed by atoms with Gasteiger partial charge in [0.1, 0.15) is 5.69 Å². The van der Waals surface area contributed by atoms with Gasteiger partial charge in [0.2, 0.25) is 0 Å². The molecule has 3 rings (SSSR count). The van der Waals surface area contributed by atoms with Gasteiger partial charge in [-0.25, -0.2) is 4.98 Å². The fourth-order valence-electron chi connectivity index (χ4n) is 2.28. The van der Waals surface area contributed by atoms with Gasteiger partial charge in [-0.3, -0.25) is 9.59 Å². The third kappa shape index (κ3) is 7.80. The van der Waals surface area contributed by atoms with E-state index >= 15 is 0 Å². The number of benzene rings is 1. The van der Waals surface area contributed by atoms with Gasteiger partial charge in [0.25, 0.3) is 0 Å². The number of carbonyl (C=O) groups is 2. The molecule has 0 atom stereocenters. The molecule has 6 heteroatoms. The Hall–Kier alpha value is -2.31. The van der Waals surface area contributed by atoms with Crippen LogP contribution in [-0.4, -0.2) is 34.9 Å². The molecule has 1 fully saturated rings. The summed E-state index contributed by atoms with van der Waals surface area (Å²) in [5, 5.41) is 8.66. The van der Waals surface area contributed by atoms with Crippen LogP contribution in [0.25, 0.3) is 10.9 Å². The Morgan fingerprint density at radius 1 is 1.17 bits per heavy atom. The maximum Gasteiger partial charge on any atom is 0.317 e. The molecule has 0 spiro atoms. The van der Waals surface area contributed by atoms with Gasteiger partial charge in [0.05, 0.1) is 12.1 Å². The number of carbonyl (C=O) groups excluding carboxylic acids is 1. The molecule has 6 nitrogen and oxygen atoms in total. The fourth-order valence-corrected chi connectivity index (χ4v) is 2.28. The van der Waals surface area contributed by atoms with E-state index in [1.54, 1.807) is 6.07 Å². The number of carboxylic acid groups (broad SMARTS) is 1. The molecule has 0 radical (unpaired) electrons. The van der Waals surface area contributed by atoms with Crippen LogP contribution < -0.4 is 11.5 Å². The SMILES string of the molecule is NC1CCCCC1.NCC(=O)O.O=Cc1ccc2ccccc2n1. The Bertz CT molecular complexity index is 640. The molecule has 1 saturated carbocycles. The van der Waals surface area contributed by atoms with Crippen molar-refractivity contribution in [3.8, 4) is 0 Å². The highest BCUT2D eigenvalue weighted by Crippen LogP contribution is 2.14. The number of para-hydroxylation sites is 1. The lowest BCUT2D eigenvalue weighted by Gasteiger charge is -2.15. The minimum atomic E-state index is -0.968. The number of nitrogens with two attached hydrogens (primary N) is 2. The molecule has 1 aliphatic rings. The Kier molecular flexibility index (Phi) is 9.26. The van der Waals surface area contributed by atoms with Gasteiger partial charge in [-0.2, -0.15) is 0 Å². The molecule has 2 aromatic rings. The van der Waals surface area contributed by atoms with Crippen molar-refractivity contribution in [2.75, 3.05) is 6.54 Å². The molecular formula is C18H25N3O3. The molecule has 1 aromatic heterocycles. The molecule has 0 bridgehead atoms. The summed E-state index contributed by atoms with van der Waals surface area (Å²) >= 11 is 0. The monoisotopic (exact) mass is 331 g/mol. The molecule has 0 saturated heterocycles. The van der Waals surface area contributed by atoms with Crippen molar-refractivity contribution in [1.82, 2.24) is 4.98 Å². The van der Waals surface area contributed by atoms with Gasteiger partial charge >= 0.3 is 5.97 Å². The third-order valence-corrected chi connectivity index (χ3v) is 3.57. The largest absolute Gasteiger partial charge is 0.480 e. The molecule has 1 aromatic carbocycles. The Labute approximate surface area is 141 Å². The van der Waals surface area contributed by atoms with E-state index in [2.05, 4.69) is 10.7 Å². The van der Waals surface area contributed by atoms with Gasteiger partial charge < -0.3 is 16.6 Å². The van der Waals surface area contributed by atoms with Crippen molar-refractivity contribution in [2.45, 2.75) is 38.1 Å². The van der Waals surface area contributed by atoms with E-state index in [0.29, 0.717) is 11.7 Å². The zero-order chi connectivity index (χ0) is 17.8. The average Bonchev–Trinajstić information content (AvgIpc) is 2.63. The molecule has 1 heterocycles. The molecule has 0 aliphatic heterocycles. The van der Waals surface area contributed by atoms with Crippen molar-refractivity contribution in [2.24, 2.45) is 11.5 Å². The van der Waals surface area contributed by atoms with Crippen molar-refractivity contribution >= 4 is 23.2 Å². The van der Waals surface area contributed by atoms with Crippen LogP contribution in [0.2, 0.25) is 0 Å². The van der Waals surface area contributed by atoms with E-state index < -0.39 is 5.97 Å². The summed E-state index contributed by atoms with van der Waals surface area (Å²) in [6.45, 7) is -0.278. The topological polar surface area (TPSA) is 119 Å². The molecule has 130 valence electrons. The number of aromatic nitrogens is 1. The maximum absolute atomic E-state index is 10.4. The number of aliphatic carboxylic acids is 1. The van der Waals surface area contributed by atoms with Crippen LogP contribution >= 0.6 is 0 Å². The molecule has 24 heavy (non-hydrogen) atoms. The molecule has 0 unspecified atom stereocenters. The number of aldehydes is 1. The predicted octanol–water partition coefficient (Wildman–Crippen LogP) is 2.35. The summed E-state index contributed by atoms with van der Waals surface area (Å²) in [4.78, 5) is 23.8. The second kappa shape index (κ2) is 11.3. The molecular weight excluding hydrogens is 306 g/mol. The minimum absolute atomic E-state index is 0.278. The lowest BCUT2D eigenvalue weighted by atomic mass is 9.97. The number of hydrogen-bond donors (Lipinski definition) is 3. The zero-order valence-electron chi connectivity index (χ0n) is 13.7. The van der Waals surface area contributed by atoms with E-state index in [9.17, 15) is 9.59 Å². The van der Waals surface area contributed by atoms with E-state index in [1.807, 2.05) is 30.3 Å². The van der Waals surface area contributed by atoms with Crippen LogP contribution in [-0.2, 0) is 4.79 Å². The van der Waals surface area contributed by atoms with Gasteiger partial charge in [0.15, 0.2) is 6.29 Å². The smallest absolute Gasteiger partial charge is 0.317 e. The Morgan fingerprint density at radius 2 is 1.79 bits per heavy atom. The van der Waals surface area contributed by atoms with Crippen molar-refractivity contribution in [1.29, 1.82) is 0 Å². The van der Waals surface area contributed by atoms with Gasteiger partial charge in [-0.15, -0.1) is 0 Å². The highest BCUT2D eigenvalue weighted by Gasteiger charge is 2.06. The summed E-state index contributed by atoms with van der Waals surface area (Å²) in [7, 11) is 0. The van der Waals surface area contributed by atoms with Crippen molar-refractivity contribution < 1.29 is 14.7 Å². The molecule has 5 N–H and O–H groups in total. The van der Waals surface area contributed by atoms with Crippen molar-refractivity contribution in [3.05, 3.63) is 42.1 Å². The number of nitrogens with zero attached hydrogens (tertiary/aromatic N) is 1. The second-order valence-corrected chi connectivity index (χ2v) is 5.54. The van der Waals surface area contributed by atoms with Crippen LogP contribution in [0.1, 0.15) is 42.6 Å². The summed E-state index contributed by atoms with van der Waals surface area (Å²) in [5.41, 5.74) is 11.5. The first-order valence-corrected chi connectivity index (χ1v) is 8.05. The standard InChI is InChI=1S/C10H7NO.C6H13N.C2H5NO2/c12-7-9-6-5-8-3-1-2-4-10(8)11-9;7-6-4-2-1-3-5-6;3-1-2(4)5/h1-7H;6H,1-5,7H2;1,3H2,(H,4,5). The molecule has 0 amide bonds. The summed E-state index contributed by atoms with van der Waals surface area (Å²) in [5.74, 6) is -0.968. The lowest BCUT2D eigenvalue weighted by molar-refractivity contribution is -0.135. The second-order valence-electron chi connectivity index (χ2n) is 5.54. The quantitative estimate of drug-likeness (QED) is 0.727. The third-order valence-electron chi connectivity index (χ3n) is 3.57. The van der Waals surface area contributed by atoms with E-state index in [1.165, 1.54) is 32.1 Å². The number of rotatable bonds is 2. The Morgan fingerprint density at radius 3 is 2.29 bits per heavy atom. The fraction of sp³-hybridized carbons (Fsp3) is 0.389. The highest BCUT2D eigenvalue weighted by atomic mass is 16.4. The normalized spacial score (nSPS) is 13.9.